The van der Waals surface area contributed by atoms with Crippen molar-refractivity contribution in [2.75, 3.05) is 0 Å². The van der Waals surface area contributed by atoms with Crippen LogP contribution in [0.15, 0.2) is 10.9 Å². The Morgan fingerprint density at radius 3 is 2.71 bits per heavy atom. The van der Waals surface area contributed by atoms with Crippen molar-refractivity contribution in [2.45, 2.75) is 39.7 Å². The second kappa shape index (κ2) is 4.87. The predicted molar refractivity (Wildman–Crippen MR) is 60.9 cm³/mol. The fraction of sp³-hybridized carbons (Fsp3) is 0.700. The van der Waals surface area contributed by atoms with Crippen molar-refractivity contribution < 1.29 is 0 Å². The number of hydrogen-bond acceptors (Lipinski definition) is 4. The van der Waals surface area contributed by atoms with E-state index in [0.29, 0.717) is 5.41 Å². The maximum atomic E-state index is 5.51. The van der Waals surface area contributed by atoms with E-state index in [9.17, 15) is 0 Å². The Balaban J connectivity index is 2.49. The maximum absolute atomic E-state index is 5.51. The van der Waals surface area contributed by atoms with E-state index in [-0.39, 0.29) is 6.04 Å². The van der Waals surface area contributed by atoms with E-state index < -0.39 is 0 Å². The van der Waals surface area contributed by atoms with Crippen molar-refractivity contribution in [2.24, 2.45) is 11.3 Å². The minimum Gasteiger partial charge on any atom is -0.271 e. The van der Waals surface area contributed by atoms with Gasteiger partial charge >= 0.3 is 0 Å². The highest BCUT2D eigenvalue weighted by atomic mass is 32.1. The van der Waals surface area contributed by atoms with Gasteiger partial charge in [-0.2, -0.15) is 0 Å². The molecule has 1 aromatic rings. The van der Waals surface area contributed by atoms with E-state index in [4.69, 9.17) is 5.84 Å². The first-order chi connectivity index (χ1) is 6.53. The molecule has 0 saturated carbocycles. The summed E-state index contributed by atoms with van der Waals surface area (Å²) >= 11 is 1.61. The van der Waals surface area contributed by atoms with Crippen LogP contribution >= 0.6 is 11.3 Å². The topological polar surface area (TPSA) is 50.9 Å². The Hall–Kier alpha value is -0.450. The van der Waals surface area contributed by atoms with Crippen LogP contribution in [0.4, 0.5) is 0 Å². The second-order valence-corrected chi connectivity index (χ2v) is 5.45. The highest BCUT2D eigenvalue weighted by Gasteiger charge is 2.16. The summed E-state index contributed by atoms with van der Waals surface area (Å²) in [4.78, 5) is 4.26. The zero-order valence-electron chi connectivity index (χ0n) is 9.08. The van der Waals surface area contributed by atoms with Crippen LogP contribution in [0, 0.1) is 5.41 Å². The summed E-state index contributed by atoms with van der Waals surface area (Å²) in [6.07, 6.45) is 2.17. The number of rotatable bonds is 4. The fourth-order valence-electron chi connectivity index (χ4n) is 1.29. The predicted octanol–water partition coefficient (Wildman–Crippen LogP) is 2.47. The molecule has 0 aliphatic carbocycles. The third-order valence-electron chi connectivity index (χ3n) is 2.19. The van der Waals surface area contributed by atoms with Gasteiger partial charge in [0.05, 0.1) is 17.2 Å². The number of thiazole rings is 1. The average molecular weight is 213 g/mol. The van der Waals surface area contributed by atoms with E-state index >= 15 is 0 Å². The second-order valence-electron chi connectivity index (χ2n) is 4.73. The van der Waals surface area contributed by atoms with Gasteiger partial charge in [-0.3, -0.25) is 11.3 Å². The summed E-state index contributed by atoms with van der Waals surface area (Å²) in [5, 5.41) is 2.05. The van der Waals surface area contributed by atoms with Gasteiger partial charge in [-0.15, -0.1) is 11.3 Å². The molecule has 1 atom stereocenters. The minimum atomic E-state index is 0.195. The molecule has 0 bridgehead atoms. The Labute approximate surface area is 89.7 Å². The molecule has 0 saturated heterocycles. The van der Waals surface area contributed by atoms with Crippen molar-refractivity contribution >= 4 is 11.3 Å². The Morgan fingerprint density at radius 1 is 1.57 bits per heavy atom. The average Bonchev–Trinajstić information content (AvgIpc) is 2.56. The van der Waals surface area contributed by atoms with Gasteiger partial charge in [0, 0.05) is 5.38 Å². The highest BCUT2D eigenvalue weighted by molar-refractivity contribution is 7.07. The Kier molecular flexibility index (Phi) is 4.04. The molecule has 3 N–H and O–H groups in total. The first kappa shape index (κ1) is 11.6. The molecule has 0 radical (unpaired) electrons. The SMILES string of the molecule is CC(C)(C)CCC(NN)c1cscn1. The normalized spacial score (nSPS) is 14.3. The van der Waals surface area contributed by atoms with Gasteiger partial charge in [-0.25, -0.2) is 4.98 Å². The van der Waals surface area contributed by atoms with E-state index in [0.717, 1.165) is 18.5 Å². The van der Waals surface area contributed by atoms with Crippen molar-refractivity contribution in [3.63, 3.8) is 0 Å². The van der Waals surface area contributed by atoms with Crippen LogP contribution in [0.25, 0.3) is 0 Å². The fourth-order valence-corrected chi connectivity index (χ4v) is 1.90. The van der Waals surface area contributed by atoms with Crippen LogP contribution in [0.2, 0.25) is 0 Å². The lowest BCUT2D eigenvalue weighted by Crippen LogP contribution is -2.29. The van der Waals surface area contributed by atoms with Crippen LogP contribution in [-0.2, 0) is 0 Å². The first-order valence-electron chi connectivity index (χ1n) is 4.87. The summed E-state index contributed by atoms with van der Waals surface area (Å²) in [5.74, 6) is 5.51. The molecule has 0 fully saturated rings. The smallest absolute Gasteiger partial charge is 0.0795 e. The monoisotopic (exact) mass is 213 g/mol. The lowest BCUT2D eigenvalue weighted by atomic mass is 9.88. The number of aromatic nitrogens is 1. The lowest BCUT2D eigenvalue weighted by Gasteiger charge is -2.21. The van der Waals surface area contributed by atoms with Crippen LogP contribution in [-0.4, -0.2) is 4.98 Å². The van der Waals surface area contributed by atoms with Crippen LogP contribution in [0.3, 0.4) is 0 Å². The van der Waals surface area contributed by atoms with Crippen molar-refractivity contribution in [3.05, 3.63) is 16.6 Å². The summed E-state index contributed by atoms with van der Waals surface area (Å²) in [5.41, 5.74) is 6.07. The molecule has 0 aliphatic rings. The van der Waals surface area contributed by atoms with E-state index in [1.807, 2.05) is 10.9 Å². The number of hydrazine groups is 1. The number of nitrogens with two attached hydrogens (primary N) is 1. The lowest BCUT2D eigenvalue weighted by molar-refractivity contribution is 0.331. The summed E-state index contributed by atoms with van der Waals surface area (Å²) in [7, 11) is 0. The number of nitrogens with zero attached hydrogens (tertiary/aromatic N) is 1. The third kappa shape index (κ3) is 3.74. The zero-order valence-corrected chi connectivity index (χ0v) is 9.90. The molecule has 4 heteroatoms. The van der Waals surface area contributed by atoms with Gasteiger partial charge in [0.2, 0.25) is 0 Å². The van der Waals surface area contributed by atoms with Gasteiger partial charge in [0.15, 0.2) is 0 Å². The first-order valence-corrected chi connectivity index (χ1v) is 5.81. The molecular formula is C10H19N3S. The standard InChI is InChI=1S/C10H19N3S/c1-10(2,3)5-4-8(13-11)9-6-14-7-12-9/h6-8,13H,4-5,11H2,1-3H3. The van der Waals surface area contributed by atoms with E-state index in [2.05, 4.69) is 31.2 Å². The summed E-state index contributed by atoms with van der Waals surface area (Å²) in [6.45, 7) is 6.71. The molecule has 1 rings (SSSR count). The largest absolute Gasteiger partial charge is 0.271 e. The Morgan fingerprint density at radius 2 is 2.29 bits per heavy atom. The molecule has 0 aromatic carbocycles. The van der Waals surface area contributed by atoms with Crippen LogP contribution in [0.5, 0.6) is 0 Å². The quantitative estimate of drug-likeness (QED) is 0.597. The molecule has 1 unspecified atom stereocenters. The molecule has 1 aromatic heterocycles. The van der Waals surface area contributed by atoms with E-state index in [1.54, 1.807) is 11.3 Å². The van der Waals surface area contributed by atoms with Gasteiger partial charge in [-0.05, 0) is 18.3 Å². The highest BCUT2D eigenvalue weighted by Crippen LogP contribution is 2.26. The number of hydrogen-bond donors (Lipinski definition) is 2. The van der Waals surface area contributed by atoms with Crippen molar-refractivity contribution in [3.8, 4) is 0 Å². The summed E-state index contributed by atoms with van der Waals surface area (Å²) < 4.78 is 0. The van der Waals surface area contributed by atoms with Crippen LogP contribution < -0.4 is 11.3 Å². The molecule has 14 heavy (non-hydrogen) atoms. The molecule has 3 nitrogen and oxygen atoms in total. The molecule has 1 heterocycles. The third-order valence-corrected chi connectivity index (χ3v) is 2.80. The molecular weight excluding hydrogens is 194 g/mol. The molecule has 80 valence electrons. The van der Waals surface area contributed by atoms with Gasteiger partial charge < -0.3 is 0 Å². The Bertz CT molecular complexity index is 251. The van der Waals surface area contributed by atoms with E-state index in [1.165, 1.54) is 0 Å². The molecule has 0 spiro atoms. The zero-order chi connectivity index (χ0) is 10.6. The van der Waals surface area contributed by atoms with Gasteiger partial charge in [-0.1, -0.05) is 20.8 Å². The van der Waals surface area contributed by atoms with Crippen molar-refractivity contribution in [1.29, 1.82) is 0 Å². The van der Waals surface area contributed by atoms with Crippen LogP contribution in [0.1, 0.15) is 45.3 Å². The summed E-state index contributed by atoms with van der Waals surface area (Å²) in [6, 6.07) is 0.195. The van der Waals surface area contributed by atoms with Crippen molar-refractivity contribution in [1.82, 2.24) is 10.4 Å². The van der Waals surface area contributed by atoms with Gasteiger partial charge in [0.1, 0.15) is 0 Å². The maximum Gasteiger partial charge on any atom is 0.0795 e. The number of nitrogens with one attached hydrogen (secondary N) is 1. The molecule has 0 aliphatic heterocycles. The molecule has 0 amide bonds. The van der Waals surface area contributed by atoms with Gasteiger partial charge in [0.25, 0.3) is 0 Å². The minimum absolute atomic E-state index is 0.195.